The molecule has 2 N–H and O–H groups in total. The van der Waals surface area contributed by atoms with E-state index in [0.29, 0.717) is 0 Å². The van der Waals surface area contributed by atoms with Crippen LogP contribution in [0.2, 0.25) is 0 Å². The zero-order chi connectivity index (χ0) is 16.3. The second-order valence-corrected chi connectivity index (χ2v) is 4.91. The van der Waals surface area contributed by atoms with Gasteiger partial charge in [0.15, 0.2) is 0 Å². The van der Waals surface area contributed by atoms with Crippen molar-refractivity contribution >= 4 is 22.6 Å². The van der Waals surface area contributed by atoms with Crippen LogP contribution in [0.5, 0.6) is 0 Å². The summed E-state index contributed by atoms with van der Waals surface area (Å²) in [4.78, 5) is 0. The van der Waals surface area contributed by atoms with E-state index in [9.17, 15) is 0 Å². The van der Waals surface area contributed by atoms with Gasteiger partial charge in [0, 0.05) is 0 Å². The van der Waals surface area contributed by atoms with E-state index >= 15 is 0 Å². The average Bonchev–Trinajstić information content (AvgIpc) is 2.47. The summed E-state index contributed by atoms with van der Waals surface area (Å²) in [7, 11) is -4.67. The molecule has 0 aromatic heterocycles. The minimum atomic E-state index is -4.67. The van der Waals surface area contributed by atoms with Crippen molar-refractivity contribution in [1.82, 2.24) is 0 Å². The highest BCUT2D eigenvalue weighted by atomic mass is 32.3. The van der Waals surface area contributed by atoms with Gasteiger partial charge < -0.3 is 4.74 Å². The summed E-state index contributed by atoms with van der Waals surface area (Å²) in [5, 5.41) is 0. The number of ether oxygens (including phenoxy) is 1. The van der Waals surface area contributed by atoms with Crippen LogP contribution in [0.25, 0.3) is 12.2 Å². The Hall–Kier alpha value is -2.41. The van der Waals surface area contributed by atoms with Gasteiger partial charge in [-0.2, -0.15) is 8.42 Å². The van der Waals surface area contributed by atoms with Crippen molar-refractivity contribution in [2.24, 2.45) is 0 Å². The Balaban J connectivity index is 0.000000422. The molecule has 2 aromatic rings. The lowest BCUT2D eigenvalue weighted by atomic mass is 10.2. The molecule has 2 aromatic carbocycles. The van der Waals surface area contributed by atoms with E-state index < -0.39 is 10.4 Å². The fraction of sp³-hybridized carbons (Fsp3) is 0. The third kappa shape index (κ3) is 10.4. The lowest BCUT2D eigenvalue weighted by Gasteiger charge is -1.93. The molecule has 0 aliphatic heterocycles. The molecule has 0 atom stereocenters. The van der Waals surface area contributed by atoms with Gasteiger partial charge in [-0.15, -0.1) is 0 Å². The molecule has 0 heterocycles. The second-order valence-electron chi connectivity index (χ2n) is 4.01. The molecule has 0 saturated heterocycles. The predicted octanol–water partition coefficient (Wildman–Crippen LogP) is 3.69. The monoisotopic (exact) mass is 320 g/mol. The largest absolute Gasteiger partial charge is 0.473 e. The van der Waals surface area contributed by atoms with Crippen LogP contribution in [0.4, 0.5) is 0 Å². The summed E-state index contributed by atoms with van der Waals surface area (Å²) in [6, 6.07) is 20.1. The van der Waals surface area contributed by atoms with Crippen LogP contribution in [0.3, 0.4) is 0 Å². The summed E-state index contributed by atoms with van der Waals surface area (Å²) < 4.78 is 36.9. The van der Waals surface area contributed by atoms with Gasteiger partial charge >= 0.3 is 10.4 Å². The standard InChI is InChI=1S/C16H14O.H2O4S/c1-3-7-15(8-4-1)11-13-17-14-12-16-9-5-2-6-10-16;1-5(2,3)4/h1-14H;(H2,1,2,3,4). The zero-order valence-electron chi connectivity index (χ0n) is 11.6. The van der Waals surface area contributed by atoms with Gasteiger partial charge in [-0.1, -0.05) is 60.7 Å². The van der Waals surface area contributed by atoms with E-state index in [0.717, 1.165) is 11.1 Å². The van der Waals surface area contributed by atoms with Gasteiger partial charge in [-0.05, 0) is 23.3 Å². The van der Waals surface area contributed by atoms with Gasteiger partial charge in [0.05, 0.1) is 12.5 Å². The molecule has 0 bridgehead atoms. The van der Waals surface area contributed by atoms with Crippen molar-refractivity contribution in [1.29, 1.82) is 0 Å². The number of benzene rings is 2. The first kappa shape index (κ1) is 17.6. The molecule has 2 rings (SSSR count). The highest BCUT2D eigenvalue weighted by molar-refractivity contribution is 7.79. The lowest BCUT2D eigenvalue weighted by molar-refractivity contribution is 0.381. The predicted molar refractivity (Wildman–Crippen MR) is 86.2 cm³/mol. The molecule has 22 heavy (non-hydrogen) atoms. The fourth-order valence-electron chi connectivity index (χ4n) is 1.41. The van der Waals surface area contributed by atoms with Crippen LogP contribution in [0.15, 0.2) is 73.2 Å². The quantitative estimate of drug-likeness (QED) is 0.663. The van der Waals surface area contributed by atoms with Gasteiger partial charge in [0.25, 0.3) is 0 Å². The van der Waals surface area contributed by atoms with Crippen molar-refractivity contribution in [3.63, 3.8) is 0 Å². The summed E-state index contributed by atoms with van der Waals surface area (Å²) in [6.45, 7) is 0. The van der Waals surface area contributed by atoms with E-state index in [2.05, 4.69) is 0 Å². The Kier molecular flexibility index (Phi) is 7.63. The topological polar surface area (TPSA) is 83.8 Å². The summed E-state index contributed by atoms with van der Waals surface area (Å²) >= 11 is 0. The van der Waals surface area contributed by atoms with E-state index in [-0.39, 0.29) is 0 Å². The van der Waals surface area contributed by atoms with Crippen molar-refractivity contribution in [3.05, 3.63) is 84.3 Å². The van der Waals surface area contributed by atoms with E-state index in [1.807, 2.05) is 72.8 Å². The lowest BCUT2D eigenvalue weighted by Crippen LogP contribution is -1.89. The van der Waals surface area contributed by atoms with Gasteiger partial charge in [-0.3, -0.25) is 9.11 Å². The van der Waals surface area contributed by atoms with Crippen molar-refractivity contribution in [3.8, 4) is 0 Å². The van der Waals surface area contributed by atoms with E-state index in [1.165, 1.54) is 0 Å². The Morgan fingerprint density at radius 3 is 1.36 bits per heavy atom. The molecule has 0 unspecified atom stereocenters. The minimum absolute atomic E-state index is 1.13. The van der Waals surface area contributed by atoms with Crippen molar-refractivity contribution < 1.29 is 22.3 Å². The average molecular weight is 320 g/mol. The molecule has 6 heteroatoms. The molecule has 0 spiro atoms. The number of rotatable bonds is 4. The van der Waals surface area contributed by atoms with E-state index in [1.54, 1.807) is 12.5 Å². The van der Waals surface area contributed by atoms with Gasteiger partial charge in [0.2, 0.25) is 0 Å². The van der Waals surface area contributed by atoms with Gasteiger partial charge in [0.1, 0.15) is 0 Å². The van der Waals surface area contributed by atoms with Crippen molar-refractivity contribution in [2.45, 2.75) is 0 Å². The second kappa shape index (κ2) is 9.51. The van der Waals surface area contributed by atoms with Crippen LogP contribution in [0.1, 0.15) is 11.1 Å². The number of hydrogen-bond acceptors (Lipinski definition) is 3. The smallest absolute Gasteiger partial charge is 0.394 e. The fourth-order valence-corrected chi connectivity index (χ4v) is 1.41. The molecule has 5 nitrogen and oxygen atoms in total. The van der Waals surface area contributed by atoms with Crippen LogP contribution < -0.4 is 0 Å². The Bertz CT molecular complexity index is 636. The van der Waals surface area contributed by atoms with Gasteiger partial charge in [-0.25, -0.2) is 0 Å². The molecule has 116 valence electrons. The highest BCUT2D eigenvalue weighted by Crippen LogP contribution is 2.03. The molecule has 0 amide bonds. The van der Waals surface area contributed by atoms with Crippen LogP contribution >= 0.6 is 0 Å². The van der Waals surface area contributed by atoms with Crippen LogP contribution in [-0.2, 0) is 15.1 Å². The maximum Gasteiger partial charge on any atom is 0.394 e. The third-order valence-electron chi connectivity index (χ3n) is 2.28. The molecule has 0 aliphatic rings. The Morgan fingerprint density at radius 1 is 0.727 bits per heavy atom. The molecular weight excluding hydrogens is 304 g/mol. The van der Waals surface area contributed by atoms with Crippen LogP contribution in [-0.4, -0.2) is 17.5 Å². The first-order valence-corrected chi connectivity index (χ1v) is 7.63. The maximum absolute atomic E-state index is 8.74. The summed E-state index contributed by atoms with van der Waals surface area (Å²) in [5.74, 6) is 0. The molecule has 0 saturated carbocycles. The number of hydrogen-bond donors (Lipinski definition) is 2. The SMILES string of the molecule is C(=Cc1ccccc1)OC=Cc1ccccc1.O=S(=O)(O)O. The first-order chi connectivity index (χ1) is 10.4. The minimum Gasteiger partial charge on any atom is -0.473 e. The summed E-state index contributed by atoms with van der Waals surface area (Å²) in [6.07, 6.45) is 7.20. The molecule has 0 radical (unpaired) electrons. The molecule has 0 fully saturated rings. The zero-order valence-corrected chi connectivity index (χ0v) is 12.4. The van der Waals surface area contributed by atoms with E-state index in [4.69, 9.17) is 22.3 Å². The maximum atomic E-state index is 8.74. The first-order valence-electron chi connectivity index (χ1n) is 6.24. The van der Waals surface area contributed by atoms with Crippen LogP contribution in [0, 0.1) is 0 Å². The summed E-state index contributed by atoms with van der Waals surface area (Å²) in [5.41, 5.74) is 2.25. The Morgan fingerprint density at radius 2 is 1.05 bits per heavy atom. The highest BCUT2D eigenvalue weighted by Gasteiger charge is 1.85. The van der Waals surface area contributed by atoms with Crippen molar-refractivity contribution in [2.75, 3.05) is 0 Å². The molecular formula is C16H16O5S. The normalized spacial score (nSPS) is 11.2. The Labute approximate surface area is 129 Å². The molecule has 0 aliphatic carbocycles. The third-order valence-corrected chi connectivity index (χ3v) is 2.28.